The quantitative estimate of drug-likeness (QED) is 0.627. The van der Waals surface area contributed by atoms with Crippen LogP contribution in [0.2, 0.25) is 5.02 Å². The van der Waals surface area contributed by atoms with E-state index in [0.29, 0.717) is 28.6 Å². The molecule has 22 heavy (non-hydrogen) atoms. The van der Waals surface area contributed by atoms with Crippen molar-refractivity contribution in [2.45, 2.75) is 20.3 Å². The number of halogens is 1. The van der Waals surface area contributed by atoms with Gasteiger partial charge >= 0.3 is 5.97 Å². The van der Waals surface area contributed by atoms with Crippen molar-refractivity contribution in [3.63, 3.8) is 0 Å². The average molecular weight is 319 g/mol. The Morgan fingerprint density at radius 2 is 1.95 bits per heavy atom. The van der Waals surface area contributed by atoms with Gasteiger partial charge in [0.25, 0.3) is 0 Å². The molecule has 2 rings (SSSR count). The highest BCUT2D eigenvalue weighted by Crippen LogP contribution is 2.27. The predicted octanol–water partition coefficient (Wildman–Crippen LogP) is 4.54. The molecule has 0 aliphatic heterocycles. The van der Waals surface area contributed by atoms with Crippen molar-refractivity contribution in [2.24, 2.45) is 0 Å². The molecule has 3 N–H and O–H groups in total. The number of rotatable bonds is 5. The summed E-state index contributed by atoms with van der Waals surface area (Å²) in [5, 5.41) is 3.91. The fourth-order valence-corrected chi connectivity index (χ4v) is 2.25. The van der Waals surface area contributed by atoms with Crippen molar-refractivity contribution >= 4 is 34.6 Å². The molecule has 0 amide bonds. The molecular formula is C17H19ClN2O2. The van der Waals surface area contributed by atoms with E-state index in [0.717, 1.165) is 17.7 Å². The molecule has 0 spiro atoms. The van der Waals surface area contributed by atoms with E-state index in [9.17, 15) is 4.79 Å². The summed E-state index contributed by atoms with van der Waals surface area (Å²) in [5.74, 6) is -0.386. The molecule has 0 aromatic heterocycles. The average Bonchev–Trinajstić information content (AvgIpc) is 2.49. The van der Waals surface area contributed by atoms with Crippen LogP contribution in [0.4, 0.5) is 17.1 Å². The second kappa shape index (κ2) is 7.18. The van der Waals surface area contributed by atoms with Gasteiger partial charge in [0.2, 0.25) is 0 Å². The largest absolute Gasteiger partial charge is 0.462 e. The molecule has 0 aliphatic rings. The van der Waals surface area contributed by atoms with Crippen molar-refractivity contribution in [1.29, 1.82) is 0 Å². The lowest BCUT2D eigenvalue weighted by molar-refractivity contribution is 0.0506. The first-order valence-corrected chi connectivity index (χ1v) is 7.49. The summed E-state index contributed by atoms with van der Waals surface area (Å²) in [4.78, 5) is 12.2. The van der Waals surface area contributed by atoms with Gasteiger partial charge in [-0.15, -0.1) is 0 Å². The van der Waals surface area contributed by atoms with Crippen LogP contribution >= 0.6 is 11.6 Å². The van der Waals surface area contributed by atoms with Crippen LogP contribution in [0.3, 0.4) is 0 Å². The highest BCUT2D eigenvalue weighted by molar-refractivity contribution is 6.30. The molecular weight excluding hydrogens is 300 g/mol. The Bertz CT molecular complexity index is 686. The number of hydrogen-bond acceptors (Lipinski definition) is 4. The summed E-state index contributed by atoms with van der Waals surface area (Å²) in [6.07, 6.45) is 0.771. The first kappa shape index (κ1) is 16.2. The fourth-order valence-electron chi connectivity index (χ4n) is 2.02. The molecule has 0 atom stereocenters. The highest BCUT2D eigenvalue weighted by atomic mass is 35.5. The minimum Gasteiger partial charge on any atom is -0.462 e. The van der Waals surface area contributed by atoms with Gasteiger partial charge in [0.1, 0.15) is 0 Å². The van der Waals surface area contributed by atoms with E-state index < -0.39 is 0 Å². The zero-order valence-electron chi connectivity index (χ0n) is 12.7. The van der Waals surface area contributed by atoms with Crippen LogP contribution in [0.25, 0.3) is 0 Å². The first-order chi connectivity index (χ1) is 10.5. The number of aryl methyl sites for hydroxylation is 1. The van der Waals surface area contributed by atoms with Crippen molar-refractivity contribution in [1.82, 2.24) is 0 Å². The summed E-state index contributed by atoms with van der Waals surface area (Å²) in [6, 6.07) is 10.6. The molecule has 0 radical (unpaired) electrons. The Morgan fingerprint density at radius 3 is 2.64 bits per heavy atom. The number of hydrogen-bond donors (Lipinski definition) is 2. The third kappa shape index (κ3) is 3.92. The predicted molar refractivity (Wildman–Crippen MR) is 90.9 cm³/mol. The van der Waals surface area contributed by atoms with Gasteiger partial charge in [-0.05, 0) is 55.3 Å². The lowest BCUT2D eigenvalue weighted by Crippen LogP contribution is -2.09. The zero-order chi connectivity index (χ0) is 16.1. The van der Waals surface area contributed by atoms with Gasteiger partial charge in [-0.25, -0.2) is 4.79 Å². The van der Waals surface area contributed by atoms with Crippen LogP contribution in [0, 0.1) is 6.92 Å². The van der Waals surface area contributed by atoms with Crippen LogP contribution in [0.15, 0.2) is 36.4 Å². The molecule has 0 saturated heterocycles. The maximum Gasteiger partial charge on any atom is 0.340 e. The molecule has 2 aromatic rings. The fraction of sp³-hybridized carbons (Fsp3) is 0.235. The Hall–Kier alpha value is -2.20. The van der Waals surface area contributed by atoms with Gasteiger partial charge in [0, 0.05) is 16.4 Å². The number of esters is 1. The van der Waals surface area contributed by atoms with E-state index in [1.54, 1.807) is 24.3 Å². The highest BCUT2D eigenvalue weighted by Gasteiger charge is 2.14. The number of nitrogens with two attached hydrogens (primary N) is 1. The minimum atomic E-state index is -0.386. The van der Waals surface area contributed by atoms with Gasteiger partial charge in [-0.1, -0.05) is 18.5 Å². The van der Waals surface area contributed by atoms with Crippen molar-refractivity contribution in [3.8, 4) is 0 Å². The van der Waals surface area contributed by atoms with E-state index in [4.69, 9.17) is 22.1 Å². The molecule has 4 nitrogen and oxygen atoms in total. The van der Waals surface area contributed by atoms with E-state index in [-0.39, 0.29) is 5.97 Å². The van der Waals surface area contributed by atoms with E-state index in [1.807, 2.05) is 26.0 Å². The molecule has 0 heterocycles. The number of ether oxygens (including phenoxy) is 1. The van der Waals surface area contributed by atoms with Gasteiger partial charge < -0.3 is 15.8 Å². The minimum absolute atomic E-state index is 0.382. The van der Waals surface area contributed by atoms with Crippen LogP contribution in [-0.4, -0.2) is 12.6 Å². The second-order valence-electron chi connectivity index (χ2n) is 5.03. The molecule has 2 aromatic carbocycles. The van der Waals surface area contributed by atoms with E-state index >= 15 is 0 Å². The number of carbonyl (C=O) groups excluding carboxylic acids is 1. The topological polar surface area (TPSA) is 64.3 Å². The van der Waals surface area contributed by atoms with Gasteiger partial charge in [0.15, 0.2) is 0 Å². The number of anilines is 3. The summed E-state index contributed by atoms with van der Waals surface area (Å²) in [6.45, 7) is 4.27. The Labute approximate surface area is 135 Å². The number of carbonyl (C=O) groups is 1. The van der Waals surface area contributed by atoms with E-state index in [1.165, 1.54) is 0 Å². The molecule has 0 unspecified atom stereocenters. The normalized spacial score (nSPS) is 10.3. The number of nitrogen functional groups attached to an aromatic ring is 1. The molecule has 0 saturated carbocycles. The standard InChI is InChI=1S/C17H19ClN2O2/c1-3-8-22-17(21)14-10-13(19)5-7-16(14)20-15-6-4-12(18)9-11(15)2/h4-7,9-10,20H,3,8,19H2,1-2H3. The molecule has 0 fully saturated rings. The monoisotopic (exact) mass is 318 g/mol. The van der Waals surface area contributed by atoms with Gasteiger partial charge in [-0.3, -0.25) is 0 Å². The lowest BCUT2D eigenvalue weighted by Gasteiger charge is -2.14. The number of benzene rings is 2. The summed E-state index contributed by atoms with van der Waals surface area (Å²) >= 11 is 5.96. The SMILES string of the molecule is CCCOC(=O)c1cc(N)ccc1Nc1ccc(Cl)cc1C. The van der Waals surface area contributed by atoms with E-state index in [2.05, 4.69) is 5.32 Å². The third-order valence-electron chi connectivity index (χ3n) is 3.16. The third-order valence-corrected chi connectivity index (χ3v) is 3.39. The molecule has 0 bridgehead atoms. The van der Waals surface area contributed by atoms with Crippen molar-refractivity contribution in [2.75, 3.05) is 17.7 Å². The smallest absolute Gasteiger partial charge is 0.340 e. The van der Waals surface area contributed by atoms with Crippen LogP contribution in [0.1, 0.15) is 29.3 Å². The van der Waals surface area contributed by atoms with Crippen molar-refractivity contribution in [3.05, 3.63) is 52.5 Å². The molecule has 0 aliphatic carbocycles. The van der Waals surface area contributed by atoms with Crippen LogP contribution in [-0.2, 0) is 4.74 Å². The Morgan fingerprint density at radius 1 is 1.23 bits per heavy atom. The first-order valence-electron chi connectivity index (χ1n) is 7.11. The maximum absolute atomic E-state index is 12.2. The zero-order valence-corrected chi connectivity index (χ0v) is 13.4. The Balaban J connectivity index is 2.32. The summed E-state index contributed by atoms with van der Waals surface area (Å²) in [7, 11) is 0. The van der Waals surface area contributed by atoms with Crippen molar-refractivity contribution < 1.29 is 9.53 Å². The van der Waals surface area contributed by atoms with Gasteiger partial charge in [-0.2, -0.15) is 0 Å². The molecule has 116 valence electrons. The maximum atomic E-state index is 12.2. The van der Waals surface area contributed by atoms with Gasteiger partial charge in [0.05, 0.1) is 17.9 Å². The summed E-state index contributed by atoms with van der Waals surface area (Å²) in [5.41, 5.74) is 9.23. The summed E-state index contributed by atoms with van der Waals surface area (Å²) < 4.78 is 5.20. The Kier molecular flexibility index (Phi) is 5.28. The van der Waals surface area contributed by atoms with Crippen LogP contribution in [0.5, 0.6) is 0 Å². The second-order valence-corrected chi connectivity index (χ2v) is 5.46. The number of nitrogens with one attached hydrogen (secondary N) is 1. The molecule has 5 heteroatoms. The van der Waals surface area contributed by atoms with Crippen LogP contribution < -0.4 is 11.1 Å². The lowest BCUT2D eigenvalue weighted by atomic mass is 10.1.